The van der Waals surface area contributed by atoms with Crippen LogP contribution in [0.15, 0.2) is 12.1 Å². The number of nitrogens with one attached hydrogen (secondary N) is 2. The molecular weight excluding hydrogens is 401 g/mol. The Morgan fingerprint density at radius 1 is 1.33 bits per heavy atom. The van der Waals surface area contributed by atoms with Crippen molar-refractivity contribution < 1.29 is 18.0 Å². The molecule has 1 fully saturated rings. The van der Waals surface area contributed by atoms with E-state index in [1.807, 2.05) is 0 Å². The Morgan fingerprint density at radius 3 is 2.70 bits per heavy atom. The van der Waals surface area contributed by atoms with Gasteiger partial charge in [-0.1, -0.05) is 0 Å². The number of carbonyl (C=O) groups is 1. The maximum absolute atomic E-state index is 12.8. The predicted molar refractivity (Wildman–Crippen MR) is 103 cm³/mol. The molecule has 5 nitrogen and oxygen atoms in total. The fraction of sp³-hybridized carbons (Fsp3) is 0.529. The summed E-state index contributed by atoms with van der Waals surface area (Å²) < 4.78 is 38.4. The van der Waals surface area contributed by atoms with E-state index < -0.39 is 11.9 Å². The summed E-state index contributed by atoms with van der Waals surface area (Å²) in [5.41, 5.74) is -0.264. The summed E-state index contributed by atoms with van der Waals surface area (Å²) in [6.45, 7) is 7.19. The molecule has 27 heavy (non-hydrogen) atoms. The maximum Gasteiger partial charge on any atom is 0.433 e. The number of amides is 1. The zero-order chi connectivity index (χ0) is 18.7. The zero-order valence-corrected chi connectivity index (χ0v) is 16.5. The Kier molecular flexibility index (Phi) is 7.44. The highest BCUT2D eigenvalue weighted by Crippen LogP contribution is 2.34. The molecule has 0 aromatic carbocycles. The van der Waals surface area contributed by atoms with E-state index in [0.717, 1.165) is 56.5 Å². The molecule has 0 bridgehead atoms. The molecule has 0 radical (unpaired) electrons. The van der Waals surface area contributed by atoms with Gasteiger partial charge in [-0.2, -0.15) is 13.2 Å². The molecule has 0 spiro atoms. The molecule has 150 valence electrons. The van der Waals surface area contributed by atoms with Crippen LogP contribution in [0.2, 0.25) is 0 Å². The Hall–Kier alpha value is -1.42. The van der Waals surface area contributed by atoms with Crippen molar-refractivity contribution in [3.05, 3.63) is 28.3 Å². The third-order valence-corrected chi connectivity index (χ3v) is 5.65. The minimum atomic E-state index is -4.49. The number of nitrogens with zero attached hydrogens (tertiary/aromatic N) is 2. The lowest BCUT2D eigenvalue weighted by atomic mass is 10.1. The normalized spacial score (nSPS) is 15.6. The van der Waals surface area contributed by atoms with Crippen LogP contribution in [0.25, 0.3) is 10.2 Å². The number of alkyl halides is 3. The summed E-state index contributed by atoms with van der Waals surface area (Å²) in [6.07, 6.45) is -3.65. The molecule has 2 N–H and O–H groups in total. The lowest BCUT2D eigenvalue weighted by molar-refractivity contribution is -0.140. The number of rotatable bonds is 5. The van der Waals surface area contributed by atoms with Gasteiger partial charge in [-0.3, -0.25) is 4.79 Å². The number of fused-ring (bicyclic) bond motifs is 1. The number of halogens is 4. The van der Waals surface area contributed by atoms with Crippen LogP contribution in [-0.4, -0.2) is 55.1 Å². The van der Waals surface area contributed by atoms with Gasteiger partial charge in [0, 0.05) is 38.1 Å². The number of carbonyl (C=O) groups excluding carboxylic acids is 1. The van der Waals surface area contributed by atoms with Gasteiger partial charge >= 0.3 is 6.18 Å². The number of hydrogen-bond donors (Lipinski definition) is 2. The van der Waals surface area contributed by atoms with E-state index >= 15 is 0 Å². The third-order valence-electron chi connectivity index (χ3n) is 4.45. The molecule has 0 saturated carbocycles. The van der Waals surface area contributed by atoms with Crippen molar-refractivity contribution in [2.75, 3.05) is 39.3 Å². The van der Waals surface area contributed by atoms with Gasteiger partial charge in [0.1, 0.15) is 10.5 Å². The number of thiophene rings is 1. The van der Waals surface area contributed by atoms with Gasteiger partial charge < -0.3 is 15.5 Å². The number of pyridine rings is 1. The van der Waals surface area contributed by atoms with Gasteiger partial charge in [-0.25, -0.2) is 4.98 Å². The van der Waals surface area contributed by atoms with Crippen molar-refractivity contribution in [3.63, 3.8) is 0 Å². The van der Waals surface area contributed by atoms with Gasteiger partial charge in [0.2, 0.25) is 0 Å². The van der Waals surface area contributed by atoms with Gasteiger partial charge in [-0.05, 0) is 37.6 Å². The van der Waals surface area contributed by atoms with E-state index in [9.17, 15) is 18.0 Å². The van der Waals surface area contributed by atoms with Crippen LogP contribution in [0.4, 0.5) is 13.2 Å². The molecule has 1 amide bonds. The molecule has 2 aromatic rings. The molecule has 3 rings (SSSR count). The summed E-state index contributed by atoms with van der Waals surface area (Å²) >= 11 is 1.01. The van der Waals surface area contributed by atoms with E-state index in [-0.39, 0.29) is 23.1 Å². The highest BCUT2D eigenvalue weighted by molar-refractivity contribution is 7.20. The topological polar surface area (TPSA) is 57.3 Å². The summed E-state index contributed by atoms with van der Waals surface area (Å²) in [4.78, 5) is 19.1. The number of aromatic nitrogens is 1. The average Bonchev–Trinajstić information content (AvgIpc) is 2.95. The summed E-state index contributed by atoms with van der Waals surface area (Å²) in [5, 5.41) is 6.75. The Labute approximate surface area is 165 Å². The lowest BCUT2D eigenvalue weighted by Crippen LogP contribution is -2.44. The minimum Gasteiger partial charge on any atom is -0.351 e. The van der Waals surface area contributed by atoms with Crippen LogP contribution in [0, 0.1) is 6.92 Å². The van der Waals surface area contributed by atoms with E-state index in [0.29, 0.717) is 22.4 Å². The maximum atomic E-state index is 12.8. The molecule has 0 aliphatic carbocycles. The summed E-state index contributed by atoms with van der Waals surface area (Å²) in [6, 6.07) is 2.34. The SMILES string of the molecule is Cc1c(C(=O)NCCCN2CCNCC2)sc2nc(C(F)(F)F)ccc12.Cl. The number of hydrogen-bond acceptors (Lipinski definition) is 5. The first-order chi connectivity index (χ1) is 12.4. The summed E-state index contributed by atoms with van der Waals surface area (Å²) in [5.74, 6) is -0.251. The van der Waals surface area contributed by atoms with Crippen LogP contribution in [0.5, 0.6) is 0 Å². The van der Waals surface area contributed by atoms with Crippen LogP contribution in [-0.2, 0) is 6.18 Å². The fourth-order valence-electron chi connectivity index (χ4n) is 2.99. The van der Waals surface area contributed by atoms with Crippen LogP contribution < -0.4 is 10.6 Å². The molecule has 2 aromatic heterocycles. The first kappa shape index (κ1) is 21.9. The van der Waals surface area contributed by atoms with E-state index in [2.05, 4.69) is 20.5 Å². The van der Waals surface area contributed by atoms with Crippen molar-refractivity contribution in [2.45, 2.75) is 19.5 Å². The first-order valence-electron chi connectivity index (χ1n) is 8.55. The van der Waals surface area contributed by atoms with Crippen LogP contribution in [0.1, 0.15) is 27.3 Å². The van der Waals surface area contributed by atoms with Crippen molar-refractivity contribution in [2.24, 2.45) is 0 Å². The molecule has 1 aliphatic heterocycles. The largest absolute Gasteiger partial charge is 0.433 e. The van der Waals surface area contributed by atoms with Gasteiger partial charge in [-0.15, -0.1) is 23.7 Å². The molecule has 10 heteroatoms. The predicted octanol–water partition coefficient (Wildman–Crippen LogP) is 3.07. The standard InChI is InChI=1S/C17H21F3N4OS.ClH/c1-11-12-3-4-13(17(18,19)20)23-16(12)26-14(11)15(25)22-5-2-8-24-9-6-21-7-10-24;/h3-4,21H,2,5-10H2,1H3,(H,22,25);1H. The van der Waals surface area contributed by atoms with Crippen molar-refractivity contribution in [3.8, 4) is 0 Å². The Bertz CT molecular complexity index is 790. The number of piperazine rings is 1. The number of aryl methyl sites for hydroxylation is 1. The third kappa shape index (κ3) is 5.31. The monoisotopic (exact) mass is 422 g/mol. The van der Waals surface area contributed by atoms with Gasteiger partial charge in [0.15, 0.2) is 0 Å². The second-order valence-corrected chi connectivity index (χ2v) is 7.30. The minimum absolute atomic E-state index is 0. The molecular formula is C17H22ClF3N4OS. The van der Waals surface area contributed by atoms with Crippen molar-refractivity contribution in [1.82, 2.24) is 20.5 Å². The molecule has 1 aliphatic rings. The van der Waals surface area contributed by atoms with Crippen molar-refractivity contribution >= 4 is 39.9 Å². The van der Waals surface area contributed by atoms with Crippen LogP contribution >= 0.6 is 23.7 Å². The fourth-order valence-corrected chi connectivity index (χ4v) is 4.09. The van der Waals surface area contributed by atoms with Gasteiger partial charge in [0.05, 0.1) is 4.88 Å². The lowest BCUT2D eigenvalue weighted by Gasteiger charge is -2.27. The van der Waals surface area contributed by atoms with Crippen molar-refractivity contribution in [1.29, 1.82) is 0 Å². The Balaban J connectivity index is 0.00000261. The van der Waals surface area contributed by atoms with Gasteiger partial charge in [0.25, 0.3) is 5.91 Å². The second kappa shape index (κ2) is 9.18. The summed E-state index contributed by atoms with van der Waals surface area (Å²) in [7, 11) is 0. The quantitative estimate of drug-likeness (QED) is 0.727. The first-order valence-corrected chi connectivity index (χ1v) is 9.36. The van der Waals surface area contributed by atoms with E-state index in [1.165, 1.54) is 6.07 Å². The van der Waals surface area contributed by atoms with E-state index in [4.69, 9.17) is 0 Å². The highest BCUT2D eigenvalue weighted by Gasteiger charge is 2.33. The van der Waals surface area contributed by atoms with E-state index in [1.54, 1.807) is 6.92 Å². The average molecular weight is 423 g/mol. The molecule has 1 saturated heterocycles. The second-order valence-electron chi connectivity index (χ2n) is 6.30. The zero-order valence-electron chi connectivity index (χ0n) is 14.9. The highest BCUT2D eigenvalue weighted by atomic mass is 35.5. The Morgan fingerprint density at radius 2 is 2.04 bits per heavy atom. The molecule has 0 unspecified atom stereocenters. The molecule has 3 heterocycles. The molecule has 0 atom stereocenters. The smallest absolute Gasteiger partial charge is 0.351 e. The van der Waals surface area contributed by atoms with Crippen LogP contribution in [0.3, 0.4) is 0 Å².